The van der Waals surface area contributed by atoms with E-state index in [2.05, 4.69) is 15.8 Å². The van der Waals surface area contributed by atoms with E-state index >= 15 is 0 Å². The van der Waals surface area contributed by atoms with E-state index in [4.69, 9.17) is 12.2 Å². The smallest absolute Gasteiger partial charge is 0.339 e. The molecule has 0 spiro atoms. The molecule has 0 aliphatic rings. The molecule has 4 N–H and O–H groups in total. The van der Waals surface area contributed by atoms with Gasteiger partial charge in [0.15, 0.2) is 0 Å². The number of terminal acetylenes is 1. The number of benzene rings is 1. The van der Waals surface area contributed by atoms with Crippen LogP contribution in [-0.2, 0) is 14.8 Å². The first-order valence-electron chi connectivity index (χ1n) is 5.97. The van der Waals surface area contributed by atoms with Crippen LogP contribution in [0, 0.1) is 12.3 Å². The summed E-state index contributed by atoms with van der Waals surface area (Å²) in [5.41, 5.74) is 8.16. The normalized spacial score (nSPS) is 10.3. The second-order valence-electron chi connectivity index (χ2n) is 4.65. The molecule has 0 aliphatic carbocycles. The molecule has 21 heavy (non-hydrogen) atoms. The molecule has 1 rings (SSSR count). The monoisotopic (exact) mass is 312 g/mol. The van der Waals surface area contributed by atoms with Crippen molar-refractivity contribution >= 4 is 21.7 Å². The van der Waals surface area contributed by atoms with Gasteiger partial charge in [-0.1, -0.05) is 19.8 Å². The number of carbonyl (C=O) groups excluding carboxylic acids is 1. The first-order chi connectivity index (χ1) is 9.51. The van der Waals surface area contributed by atoms with E-state index in [0.29, 0.717) is 16.8 Å². The van der Waals surface area contributed by atoms with Crippen molar-refractivity contribution in [2.24, 2.45) is 5.14 Å². The molecule has 116 valence electrons. The van der Waals surface area contributed by atoms with E-state index in [-0.39, 0.29) is 5.92 Å². The Balaban J connectivity index is 0.000000690. The second kappa shape index (κ2) is 7.67. The third kappa shape index (κ3) is 6.79. The highest BCUT2D eigenvalue weighted by molar-refractivity contribution is 7.88. The number of hydrogen-bond donors (Lipinski definition) is 2. The fourth-order valence-electron chi connectivity index (χ4n) is 1.52. The van der Waals surface area contributed by atoms with E-state index in [1.165, 1.54) is 7.11 Å². The quantitative estimate of drug-likeness (QED) is 0.482. The van der Waals surface area contributed by atoms with Gasteiger partial charge in [-0.25, -0.2) is 18.4 Å². The highest BCUT2D eigenvalue weighted by atomic mass is 32.2. The Labute approximate surface area is 125 Å². The van der Waals surface area contributed by atoms with Crippen LogP contribution in [0.1, 0.15) is 41.3 Å². The van der Waals surface area contributed by atoms with Gasteiger partial charge in [0, 0.05) is 11.3 Å². The number of hydrogen-bond acceptors (Lipinski definition) is 5. The third-order valence-electron chi connectivity index (χ3n) is 2.40. The summed E-state index contributed by atoms with van der Waals surface area (Å²) in [5, 5.41) is 4.33. The van der Waals surface area contributed by atoms with Crippen molar-refractivity contribution in [2.45, 2.75) is 19.8 Å². The van der Waals surface area contributed by atoms with Gasteiger partial charge < -0.3 is 10.5 Å². The molecule has 0 radical (unpaired) electrons. The lowest BCUT2D eigenvalue weighted by atomic mass is 9.94. The molecule has 1 aromatic rings. The number of nitrogens with two attached hydrogens (primary N) is 2. The van der Waals surface area contributed by atoms with E-state index in [1.807, 2.05) is 13.8 Å². The predicted octanol–water partition coefficient (Wildman–Crippen LogP) is 1.06. The van der Waals surface area contributed by atoms with Gasteiger partial charge in [-0.15, -0.1) is 6.42 Å². The fraction of sp³-hybridized carbons (Fsp3) is 0.357. The van der Waals surface area contributed by atoms with Gasteiger partial charge in [-0.05, 0) is 23.6 Å². The lowest BCUT2D eigenvalue weighted by Crippen LogP contribution is -2.08. The molecule has 7 heteroatoms. The molecule has 0 unspecified atom stereocenters. The molecule has 0 atom stereocenters. The van der Waals surface area contributed by atoms with Gasteiger partial charge in [0.1, 0.15) is 0 Å². The number of primary sulfonamides is 1. The molecule has 0 fully saturated rings. The Kier molecular flexibility index (Phi) is 6.92. The van der Waals surface area contributed by atoms with Gasteiger partial charge >= 0.3 is 5.97 Å². The summed E-state index contributed by atoms with van der Waals surface area (Å²) in [7, 11) is -1.85. The minimum atomic E-state index is -3.17. The molecule has 0 amide bonds. The van der Waals surface area contributed by atoms with Crippen LogP contribution in [0.15, 0.2) is 12.1 Å². The Morgan fingerprint density at radius 3 is 2.19 bits per heavy atom. The van der Waals surface area contributed by atoms with Crippen molar-refractivity contribution in [3.8, 4) is 12.3 Å². The maximum Gasteiger partial charge on any atom is 0.339 e. The number of sulfonamides is 1. The SMILES string of the molecule is C#Cc1cc(C(=O)OC)c(N)cc1C(C)C.CS(N)(=O)=O. The van der Waals surface area contributed by atoms with Gasteiger partial charge in [0.25, 0.3) is 0 Å². The summed E-state index contributed by atoms with van der Waals surface area (Å²) in [6.07, 6.45) is 6.34. The van der Waals surface area contributed by atoms with Crippen LogP contribution in [0.3, 0.4) is 0 Å². The van der Waals surface area contributed by atoms with Crippen LogP contribution in [0.5, 0.6) is 0 Å². The zero-order valence-corrected chi connectivity index (χ0v) is 13.3. The predicted molar refractivity (Wildman–Crippen MR) is 83.2 cm³/mol. The van der Waals surface area contributed by atoms with Crippen molar-refractivity contribution in [2.75, 3.05) is 19.1 Å². The van der Waals surface area contributed by atoms with Gasteiger partial charge in [-0.3, -0.25) is 0 Å². The maximum absolute atomic E-state index is 11.4. The Morgan fingerprint density at radius 1 is 1.38 bits per heavy atom. The van der Waals surface area contributed by atoms with E-state index in [9.17, 15) is 13.2 Å². The zero-order valence-electron chi connectivity index (χ0n) is 12.5. The first kappa shape index (κ1) is 19.0. The lowest BCUT2D eigenvalue weighted by molar-refractivity contribution is 0.0602. The van der Waals surface area contributed by atoms with Crippen molar-refractivity contribution in [1.82, 2.24) is 0 Å². The minimum Gasteiger partial charge on any atom is -0.465 e. The van der Waals surface area contributed by atoms with E-state index in [0.717, 1.165) is 11.8 Å². The van der Waals surface area contributed by atoms with Gasteiger partial charge in [0.05, 0.1) is 18.9 Å². The first-order valence-corrected chi connectivity index (χ1v) is 7.92. The van der Waals surface area contributed by atoms with Crippen molar-refractivity contribution < 1.29 is 17.9 Å². The molecule has 6 nitrogen and oxygen atoms in total. The van der Waals surface area contributed by atoms with E-state index < -0.39 is 16.0 Å². The van der Waals surface area contributed by atoms with Crippen LogP contribution in [-0.4, -0.2) is 27.8 Å². The highest BCUT2D eigenvalue weighted by Crippen LogP contribution is 2.25. The molecular formula is C14H20N2O4S. The zero-order chi connectivity index (χ0) is 16.8. The number of rotatable bonds is 2. The molecule has 0 aliphatic heterocycles. The number of ether oxygens (including phenoxy) is 1. The second-order valence-corrected chi connectivity index (χ2v) is 6.31. The Hall–Kier alpha value is -2.04. The van der Waals surface area contributed by atoms with Crippen LogP contribution in [0.25, 0.3) is 0 Å². The van der Waals surface area contributed by atoms with Crippen molar-refractivity contribution in [3.63, 3.8) is 0 Å². The third-order valence-corrected chi connectivity index (χ3v) is 2.40. The number of carbonyl (C=O) groups is 1. The summed E-state index contributed by atoms with van der Waals surface area (Å²) in [5.74, 6) is 2.36. The number of esters is 1. The van der Waals surface area contributed by atoms with Crippen LogP contribution in [0.4, 0.5) is 5.69 Å². The van der Waals surface area contributed by atoms with Gasteiger partial charge in [0.2, 0.25) is 10.0 Å². The molecule has 0 saturated carbocycles. The fourth-order valence-corrected chi connectivity index (χ4v) is 1.52. The molecular weight excluding hydrogens is 292 g/mol. The topological polar surface area (TPSA) is 112 Å². The average Bonchev–Trinajstić information content (AvgIpc) is 2.35. The summed E-state index contributed by atoms with van der Waals surface area (Å²) in [6.45, 7) is 4.04. The molecule has 0 bridgehead atoms. The van der Waals surface area contributed by atoms with Crippen LogP contribution in [0.2, 0.25) is 0 Å². The number of nitrogen functional groups attached to an aromatic ring is 1. The lowest BCUT2D eigenvalue weighted by Gasteiger charge is -2.12. The minimum absolute atomic E-state index is 0.264. The summed E-state index contributed by atoms with van der Waals surface area (Å²) >= 11 is 0. The maximum atomic E-state index is 11.4. The van der Waals surface area contributed by atoms with Crippen LogP contribution >= 0.6 is 0 Å². The van der Waals surface area contributed by atoms with E-state index in [1.54, 1.807) is 12.1 Å². The average molecular weight is 312 g/mol. The van der Waals surface area contributed by atoms with Crippen molar-refractivity contribution in [3.05, 3.63) is 28.8 Å². The summed E-state index contributed by atoms with van der Waals surface area (Å²) in [6, 6.07) is 3.35. The van der Waals surface area contributed by atoms with Crippen LogP contribution < -0.4 is 10.9 Å². The molecule has 0 aromatic heterocycles. The Bertz CT molecular complexity index is 650. The number of methoxy groups -OCH3 is 1. The summed E-state index contributed by atoms with van der Waals surface area (Å²) in [4.78, 5) is 11.4. The Morgan fingerprint density at radius 2 is 1.86 bits per heavy atom. The standard InChI is InChI=1S/C13H15NO2.CH5NO2S/c1-5-9-6-11(13(15)16-4)12(14)7-10(9)8(2)3;1-5(2,3)4/h1,6-8H,14H2,2-4H3;1H3,(H2,2,3,4). The molecule has 0 saturated heterocycles. The van der Waals surface area contributed by atoms with Crippen molar-refractivity contribution in [1.29, 1.82) is 0 Å². The highest BCUT2D eigenvalue weighted by Gasteiger charge is 2.14. The molecule has 0 heterocycles. The van der Waals surface area contributed by atoms with Gasteiger partial charge in [-0.2, -0.15) is 0 Å². The molecule has 1 aromatic carbocycles. The number of anilines is 1. The summed E-state index contributed by atoms with van der Waals surface area (Å²) < 4.78 is 23.4. The largest absolute Gasteiger partial charge is 0.465 e.